The number of para-hydroxylation sites is 3. The van der Waals surface area contributed by atoms with Crippen LogP contribution >= 0.6 is 0 Å². The van der Waals surface area contributed by atoms with Gasteiger partial charge < -0.3 is 15.7 Å². The first-order valence-corrected chi connectivity index (χ1v) is 17.9. The number of imide groups is 2. The SMILES string of the molecule is O=C1C2CC=C3C(CC4C(=O)N(c5ccc(Nc6ccccc6)cc5)C(=O)C4C3c3ccccc3O)C2C(=O)N1c1ccc(Nc2ccccc2)cc1. The summed E-state index contributed by atoms with van der Waals surface area (Å²) in [5.74, 6) is -5.11. The van der Waals surface area contributed by atoms with Crippen molar-refractivity contribution < 1.29 is 24.3 Å². The average molecular weight is 701 g/mol. The van der Waals surface area contributed by atoms with Gasteiger partial charge in [0.1, 0.15) is 5.75 Å². The molecule has 0 radical (unpaired) electrons. The van der Waals surface area contributed by atoms with Crippen molar-refractivity contribution in [1.82, 2.24) is 0 Å². The van der Waals surface area contributed by atoms with E-state index in [2.05, 4.69) is 10.6 Å². The van der Waals surface area contributed by atoms with Crippen LogP contribution in [0.1, 0.15) is 24.3 Å². The minimum Gasteiger partial charge on any atom is -0.508 e. The second-order valence-electron chi connectivity index (χ2n) is 14.2. The number of anilines is 6. The van der Waals surface area contributed by atoms with Gasteiger partial charge in [-0.05, 0) is 97.6 Å². The molecule has 2 heterocycles. The lowest BCUT2D eigenvalue weighted by molar-refractivity contribution is -0.126. The lowest BCUT2D eigenvalue weighted by Gasteiger charge is -2.44. The average Bonchev–Trinajstić information content (AvgIpc) is 3.59. The molecule has 4 aliphatic rings. The number of carbonyl (C=O) groups is 4. The number of phenolic OH excluding ortho intramolecular Hbond substituents is 1. The zero-order valence-electron chi connectivity index (χ0n) is 28.6. The van der Waals surface area contributed by atoms with E-state index in [1.54, 1.807) is 48.5 Å². The number of aromatic hydroxyl groups is 1. The summed E-state index contributed by atoms with van der Waals surface area (Å²) in [5, 5.41) is 17.8. The number of phenols is 1. The zero-order chi connectivity index (χ0) is 36.2. The molecule has 9 rings (SSSR count). The number of hydrogen-bond donors (Lipinski definition) is 3. The van der Waals surface area contributed by atoms with Gasteiger partial charge in [-0.15, -0.1) is 0 Å². The molecule has 2 aliphatic heterocycles. The third-order valence-corrected chi connectivity index (χ3v) is 11.3. The Balaban J connectivity index is 1.03. The van der Waals surface area contributed by atoms with Crippen molar-refractivity contribution in [2.75, 3.05) is 20.4 Å². The lowest BCUT2D eigenvalue weighted by Crippen LogP contribution is -2.43. The van der Waals surface area contributed by atoms with Gasteiger partial charge in [0.25, 0.3) is 0 Å². The first kappa shape index (κ1) is 32.4. The Labute approximate surface area is 306 Å². The first-order valence-electron chi connectivity index (χ1n) is 17.9. The topological polar surface area (TPSA) is 119 Å². The summed E-state index contributed by atoms with van der Waals surface area (Å²) in [5.41, 5.74) is 5.79. The maximum atomic E-state index is 14.5. The minimum absolute atomic E-state index is 0.0228. The van der Waals surface area contributed by atoms with Gasteiger partial charge in [-0.3, -0.25) is 29.0 Å². The number of fused-ring (bicyclic) bond motifs is 4. The number of hydrogen-bond acceptors (Lipinski definition) is 7. The van der Waals surface area contributed by atoms with E-state index in [4.69, 9.17) is 0 Å². The number of nitrogens with zero attached hydrogens (tertiary/aromatic N) is 2. The molecule has 6 atom stereocenters. The monoisotopic (exact) mass is 700 g/mol. The predicted molar refractivity (Wildman–Crippen MR) is 203 cm³/mol. The number of carbonyl (C=O) groups excluding carboxylic acids is 4. The normalized spacial score (nSPS) is 24.7. The Morgan fingerprint density at radius 3 is 1.51 bits per heavy atom. The Bertz CT molecular complexity index is 2270. The van der Waals surface area contributed by atoms with Gasteiger partial charge in [0, 0.05) is 34.2 Å². The van der Waals surface area contributed by atoms with E-state index in [9.17, 15) is 24.3 Å². The molecule has 0 aromatic heterocycles. The van der Waals surface area contributed by atoms with Crippen molar-refractivity contribution >= 4 is 57.8 Å². The van der Waals surface area contributed by atoms with E-state index in [1.807, 2.05) is 91.0 Å². The molecule has 2 aliphatic carbocycles. The fourth-order valence-corrected chi connectivity index (χ4v) is 8.96. The van der Waals surface area contributed by atoms with Crippen molar-refractivity contribution in [2.45, 2.75) is 18.8 Å². The molecule has 9 nitrogen and oxygen atoms in total. The third kappa shape index (κ3) is 5.47. The van der Waals surface area contributed by atoms with Crippen LogP contribution in [0.3, 0.4) is 0 Å². The van der Waals surface area contributed by atoms with Gasteiger partial charge in [0.2, 0.25) is 23.6 Å². The molecular formula is C44H36N4O5. The first-order chi connectivity index (χ1) is 25.9. The van der Waals surface area contributed by atoms with Crippen LogP contribution in [0.5, 0.6) is 5.75 Å². The highest BCUT2D eigenvalue weighted by atomic mass is 16.3. The van der Waals surface area contributed by atoms with Gasteiger partial charge in [0.15, 0.2) is 0 Å². The van der Waals surface area contributed by atoms with Crippen molar-refractivity contribution in [1.29, 1.82) is 0 Å². The number of amides is 4. The number of benzene rings is 5. The lowest BCUT2D eigenvalue weighted by atomic mass is 9.57. The van der Waals surface area contributed by atoms with Gasteiger partial charge in [-0.25, -0.2) is 0 Å². The molecule has 3 fully saturated rings. The van der Waals surface area contributed by atoms with Crippen LogP contribution < -0.4 is 20.4 Å². The summed E-state index contributed by atoms with van der Waals surface area (Å²) in [6.45, 7) is 0. The summed E-state index contributed by atoms with van der Waals surface area (Å²) in [6, 6.07) is 40.7. The summed E-state index contributed by atoms with van der Waals surface area (Å²) in [6.07, 6.45) is 2.57. The molecule has 3 N–H and O–H groups in total. The largest absolute Gasteiger partial charge is 0.508 e. The van der Waals surface area contributed by atoms with Crippen LogP contribution in [0.25, 0.3) is 0 Å². The van der Waals surface area contributed by atoms with E-state index in [-0.39, 0.29) is 35.8 Å². The summed E-state index contributed by atoms with van der Waals surface area (Å²) >= 11 is 0. The fraction of sp³-hybridized carbons (Fsp3) is 0.182. The van der Waals surface area contributed by atoms with Gasteiger partial charge >= 0.3 is 0 Å². The second-order valence-corrected chi connectivity index (χ2v) is 14.2. The van der Waals surface area contributed by atoms with Crippen LogP contribution in [0, 0.1) is 29.6 Å². The molecule has 0 bridgehead atoms. The number of allylic oxidation sites excluding steroid dienone is 2. The van der Waals surface area contributed by atoms with Crippen LogP contribution in [0.4, 0.5) is 34.1 Å². The minimum atomic E-state index is -0.773. The molecule has 262 valence electrons. The van der Waals surface area contributed by atoms with E-state index >= 15 is 0 Å². The van der Waals surface area contributed by atoms with Crippen molar-refractivity contribution in [2.24, 2.45) is 29.6 Å². The fourth-order valence-electron chi connectivity index (χ4n) is 8.96. The molecule has 53 heavy (non-hydrogen) atoms. The van der Waals surface area contributed by atoms with Gasteiger partial charge in [-0.2, -0.15) is 0 Å². The highest BCUT2D eigenvalue weighted by Gasteiger charge is 2.62. The number of nitrogens with one attached hydrogen (secondary N) is 2. The highest BCUT2D eigenvalue weighted by Crippen LogP contribution is 2.59. The van der Waals surface area contributed by atoms with E-state index in [1.165, 1.54) is 9.80 Å². The summed E-state index contributed by atoms with van der Waals surface area (Å²) in [4.78, 5) is 59.9. The molecule has 2 saturated heterocycles. The molecule has 5 aromatic rings. The Hall–Kier alpha value is -6.48. The van der Waals surface area contributed by atoms with Crippen LogP contribution in [0.15, 0.2) is 145 Å². The van der Waals surface area contributed by atoms with E-state index in [0.717, 1.165) is 28.3 Å². The molecular weight excluding hydrogens is 665 g/mol. The molecule has 4 amide bonds. The summed E-state index contributed by atoms with van der Waals surface area (Å²) < 4.78 is 0. The standard InChI is InChI=1S/C44H36N4O5/c49-37-14-8-7-13-33(37)38-32-23-24-34-39(43(52)47(41(34)50)30-19-15-28(16-20-30)45-26-9-3-1-4-10-26)35(32)25-36-40(38)44(53)48(42(36)51)31-21-17-29(18-22-31)46-27-11-5-2-6-12-27/h1-23,34-36,38-40,45-46,49H,24-25H2. The van der Waals surface area contributed by atoms with Crippen LogP contribution in [-0.2, 0) is 19.2 Å². The van der Waals surface area contributed by atoms with Gasteiger partial charge in [-0.1, -0.05) is 66.2 Å². The maximum Gasteiger partial charge on any atom is 0.238 e. The van der Waals surface area contributed by atoms with E-state index in [0.29, 0.717) is 23.4 Å². The molecule has 6 unspecified atom stereocenters. The highest BCUT2D eigenvalue weighted by molar-refractivity contribution is 6.24. The Morgan fingerprint density at radius 2 is 0.962 bits per heavy atom. The second kappa shape index (κ2) is 12.9. The Kier molecular flexibility index (Phi) is 7.91. The molecule has 5 aromatic carbocycles. The van der Waals surface area contributed by atoms with Crippen LogP contribution in [0.2, 0.25) is 0 Å². The third-order valence-electron chi connectivity index (χ3n) is 11.3. The quantitative estimate of drug-likeness (QED) is 0.117. The maximum absolute atomic E-state index is 14.5. The predicted octanol–water partition coefficient (Wildman–Crippen LogP) is 7.92. The van der Waals surface area contributed by atoms with Crippen LogP contribution in [-0.4, -0.2) is 28.7 Å². The van der Waals surface area contributed by atoms with Crippen molar-refractivity contribution in [3.05, 3.63) is 151 Å². The zero-order valence-corrected chi connectivity index (χ0v) is 28.6. The smallest absolute Gasteiger partial charge is 0.238 e. The number of rotatable bonds is 7. The molecule has 0 spiro atoms. The van der Waals surface area contributed by atoms with Gasteiger partial charge in [0.05, 0.1) is 35.0 Å². The van der Waals surface area contributed by atoms with Crippen molar-refractivity contribution in [3.63, 3.8) is 0 Å². The molecule has 1 saturated carbocycles. The van der Waals surface area contributed by atoms with E-state index < -0.39 is 35.5 Å². The summed E-state index contributed by atoms with van der Waals surface area (Å²) in [7, 11) is 0. The molecule has 9 heteroatoms. The Morgan fingerprint density at radius 1 is 0.491 bits per heavy atom. The van der Waals surface area contributed by atoms with Crippen molar-refractivity contribution in [3.8, 4) is 5.75 Å².